The van der Waals surface area contributed by atoms with Gasteiger partial charge in [-0.15, -0.1) is 0 Å². The van der Waals surface area contributed by atoms with Gasteiger partial charge in [-0.3, -0.25) is 14.4 Å². The van der Waals surface area contributed by atoms with Gasteiger partial charge in [0.1, 0.15) is 12.1 Å². The number of amides is 3. The second-order valence-electron chi connectivity index (χ2n) is 9.45. The van der Waals surface area contributed by atoms with Crippen LogP contribution in [0.4, 0.5) is 0 Å². The third-order valence-corrected chi connectivity index (χ3v) is 7.45. The summed E-state index contributed by atoms with van der Waals surface area (Å²) in [5.74, 6) is -0.318. The van der Waals surface area contributed by atoms with Crippen LogP contribution in [-0.2, 0) is 20.8 Å². The number of nitrogens with one attached hydrogen (secondary N) is 2. The smallest absolute Gasteiger partial charge is 0.246 e. The minimum atomic E-state index is -0.518. The monoisotopic (exact) mass is 425 g/mol. The highest BCUT2D eigenvalue weighted by atomic mass is 16.2. The van der Waals surface area contributed by atoms with Crippen molar-refractivity contribution >= 4 is 17.7 Å². The Kier molecular flexibility index (Phi) is 6.63. The standard InChI is InChI=1S/C25H35N3O3/c1-3-16(2)23(29)27-21-13-7-10-18-14-15-22(28(18)25(21)31)24(30)26-20-12-6-9-17-8-4-5-11-19(17)20/h4-5,8,11,16,18,20-22H,3,6-7,9-10,12-15H2,1-2H3,(H,26,30)(H,27,29)/t16-,18+,20-,21+,22?/m1/s1. The van der Waals surface area contributed by atoms with E-state index >= 15 is 0 Å². The summed E-state index contributed by atoms with van der Waals surface area (Å²) in [4.78, 5) is 41.0. The van der Waals surface area contributed by atoms with E-state index in [-0.39, 0.29) is 35.7 Å². The van der Waals surface area contributed by atoms with Gasteiger partial charge >= 0.3 is 0 Å². The summed E-state index contributed by atoms with van der Waals surface area (Å²) >= 11 is 0. The number of rotatable bonds is 5. The van der Waals surface area contributed by atoms with Gasteiger partial charge in [-0.25, -0.2) is 0 Å². The van der Waals surface area contributed by atoms with Crippen molar-refractivity contribution in [3.63, 3.8) is 0 Å². The molecule has 3 amide bonds. The predicted molar refractivity (Wildman–Crippen MR) is 119 cm³/mol. The van der Waals surface area contributed by atoms with Crippen LogP contribution >= 0.6 is 0 Å². The molecule has 31 heavy (non-hydrogen) atoms. The van der Waals surface area contributed by atoms with E-state index in [1.54, 1.807) is 4.90 Å². The summed E-state index contributed by atoms with van der Waals surface area (Å²) in [7, 11) is 0. The van der Waals surface area contributed by atoms with Crippen LogP contribution in [0.25, 0.3) is 0 Å². The fraction of sp³-hybridized carbons (Fsp3) is 0.640. The largest absolute Gasteiger partial charge is 0.347 e. The minimum absolute atomic E-state index is 0.0134. The zero-order chi connectivity index (χ0) is 22.0. The molecule has 0 aromatic heterocycles. The normalized spacial score (nSPS) is 28.8. The second kappa shape index (κ2) is 9.41. The van der Waals surface area contributed by atoms with Crippen LogP contribution < -0.4 is 10.6 Å². The number of aryl methyl sites for hydroxylation is 1. The number of benzene rings is 1. The molecule has 168 valence electrons. The molecule has 2 N–H and O–H groups in total. The van der Waals surface area contributed by atoms with Gasteiger partial charge in [0, 0.05) is 12.0 Å². The Bertz CT molecular complexity index is 839. The van der Waals surface area contributed by atoms with Crippen LogP contribution in [0.15, 0.2) is 24.3 Å². The molecule has 2 heterocycles. The van der Waals surface area contributed by atoms with E-state index in [2.05, 4.69) is 22.8 Å². The fourth-order valence-corrected chi connectivity index (χ4v) is 5.42. The van der Waals surface area contributed by atoms with Gasteiger partial charge in [0.2, 0.25) is 17.7 Å². The summed E-state index contributed by atoms with van der Waals surface area (Å²) in [6.07, 6.45) is 7.78. The number of carbonyl (C=O) groups is 3. The molecule has 1 aromatic carbocycles. The number of nitrogens with zero attached hydrogens (tertiary/aromatic N) is 1. The van der Waals surface area contributed by atoms with E-state index in [1.807, 2.05) is 26.0 Å². The average Bonchev–Trinajstić information content (AvgIpc) is 3.15. The Morgan fingerprint density at radius 2 is 1.81 bits per heavy atom. The quantitative estimate of drug-likeness (QED) is 0.760. The molecule has 0 spiro atoms. The molecule has 2 fully saturated rings. The molecule has 1 aromatic rings. The van der Waals surface area contributed by atoms with Gasteiger partial charge in [0.25, 0.3) is 0 Å². The van der Waals surface area contributed by atoms with Crippen molar-refractivity contribution in [1.82, 2.24) is 15.5 Å². The Morgan fingerprint density at radius 3 is 2.61 bits per heavy atom. The van der Waals surface area contributed by atoms with Crippen LogP contribution in [0.3, 0.4) is 0 Å². The topological polar surface area (TPSA) is 78.5 Å². The maximum absolute atomic E-state index is 13.4. The molecule has 4 rings (SSSR count). The van der Waals surface area contributed by atoms with E-state index in [0.717, 1.165) is 44.9 Å². The highest BCUT2D eigenvalue weighted by molar-refractivity contribution is 5.93. The molecular weight excluding hydrogens is 390 g/mol. The SMILES string of the molecule is CC[C@@H](C)C(=O)N[C@H]1CCC[C@H]2CCC(C(=O)N[C@@H]3CCCc4ccccc43)N2C1=O. The van der Waals surface area contributed by atoms with E-state index in [1.165, 1.54) is 11.1 Å². The van der Waals surface area contributed by atoms with E-state index in [9.17, 15) is 14.4 Å². The van der Waals surface area contributed by atoms with Crippen molar-refractivity contribution in [2.24, 2.45) is 5.92 Å². The van der Waals surface area contributed by atoms with Crippen LogP contribution in [0, 0.1) is 5.92 Å². The Balaban J connectivity index is 1.47. The highest BCUT2D eigenvalue weighted by Gasteiger charge is 2.45. The van der Waals surface area contributed by atoms with Gasteiger partial charge in [-0.1, -0.05) is 38.1 Å². The molecule has 2 aliphatic heterocycles. The molecule has 0 bridgehead atoms. The highest BCUT2D eigenvalue weighted by Crippen LogP contribution is 2.34. The lowest BCUT2D eigenvalue weighted by Gasteiger charge is -2.33. The zero-order valence-corrected chi connectivity index (χ0v) is 18.7. The van der Waals surface area contributed by atoms with Crippen molar-refractivity contribution < 1.29 is 14.4 Å². The minimum Gasteiger partial charge on any atom is -0.347 e. The second-order valence-corrected chi connectivity index (χ2v) is 9.45. The van der Waals surface area contributed by atoms with Crippen molar-refractivity contribution in [3.05, 3.63) is 35.4 Å². The lowest BCUT2D eigenvalue weighted by atomic mass is 9.87. The van der Waals surface area contributed by atoms with Gasteiger partial charge in [0.05, 0.1) is 6.04 Å². The summed E-state index contributed by atoms with van der Waals surface area (Å²) < 4.78 is 0. The van der Waals surface area contributed by atoms with Gasteiger partial charge in [-0.05, 0) is 68.9 Å². The number of fused-ring (bicyclic) bond motifs is 2. The van der Waals surface area contributed by atoms with E-state index in [4.69, 9.17) is 0 Å². The first-order chi connectivity index (χ1) is 15.0. The molecule has 3 aliphatic rings. The first-order valence-corrected chi connectivity index (χ1v) is 12.0. The molecular formula is C25H35N3O3. The van der Waals surface area contributed by atoms with Crippen molar-refractivity contribution in [2.75, 3.05) is 0 Å². The molecule has 1 unspecified atom stereocenters. The maximum Gasteiger partial charge on any atom is 0.246 e. The van der Waals surface area contributed by atoms with Crippen molar-refractivity contribution in [2.45, 2.75) is 95.8 Å². The lowest BCUT2D eigenvalue weighted by Crippen LogP contribution is -2.55. The first-order valence-electron chi connectivity index (χ1n) is 12.0. The summed E-state index contributed by atoms with van der Waals surface area (Å²) in [5, 5.41) is 6.22. The van der Waals surface area contributed by atoms with Gasteiger partial charge in [-0.2, -0.15) is 0 Å². The first kappa shape index (κ1) is 21.8. The molecule has 5 atom stereocenters. The number of carbonyl (C=O) groups excluding carboxylic acids is 3. The fourth-order valence-electron chi connectivity index (χ4n) is 5.42. The Labute approximate surface area is 185 Å². The molecule has 1 aliphatic carbocycles. The number of hydrogen-bond acceptors (Lipinski definition) is 3. The molecule has 2 saturated heterocycles. The summed E-state index contributed by atoms with van der Waals surface area (Å²) in [6, 6.07) is 7.48. The summed E-state index contributed by atoms with van der Waals surface area (Å²) in [5.41, 5.74) is 2.51. The van der Waals surface area contributed by atoms with Gasteiger partial charge < -0.3 is 15.5 Å². The lowest BCUT2D eigenvalue weighted by molar-refractivity contribution is -0.143. The van der Waals surface area contributed by atoms with Crippen LogP contribution in [0.2, 0.25) is 0 Å². The average molecular weight is 426 g/mol. The molecule has 0 radical (unpaired) electrons. The summed E-state index contributed by atoms with van der Waals surface area (Å²) in [6.45, 7) is 3.85. The Morgan fingerprint density at radius 1 is 1.03 bits per heavy atom. The van der Waals surface area contributed by atoms with Crippen molar-refractivity contribution in [1.29, 1.82) is 0 Å². The third-order valence-electron chi connectivity index (χ3n) is 7.45. The third kappa shape index (κ3) is 4.48. The van der Waals surface area contributed by atoms with Crippen LogP contribution in [0.1, 0.15) is 82.4 Å². The zero-order valence-electron chi connectivity index (χ0n) is 18.7. The van der Waals surface area contributed by atoms with E-state index in [0.29, 0.717) is 12.8 Å². The van der Waals surface area contributed by atoms with E-state index < -0.39 is 12.1 Å². The molecule has 0 saturated carbocycles. The Hall–Kier alpha value is -2.37. The predicted octanol–water partition coefficient (Wildman–Crippen LogP) is 3.25. The van der Waals surface area contributed by atoms with Crippen molar-refractivity contribution in [3.8, 4) is 0 Å². The maximum atomic E-state index is 13.4. The molecule has 6 nitrogen and oxygen atoms in total. The number of hydrogen-bond donors (Lipinski definition) is 2. The van der Waals surface area contributed by atoms with Crippen LogP contribution in [0.5, 0.6) is 0 Å². The van der Waals surface area contributed by atoms with Crippen LogP contribution in [-0.4, -0.2) is 40.7 Å². The molecule has 6 heteroatoms. The van der Waals surface area contributed by atoms with Gasteiger partial charge in [0.15, 0.2) is 0 Å².